The Balaban J connectivity index is 1.53. The lowest BCUT2D eigenvalue weighted by Crippen LogP contribution is -2.52. The molecule has 0 aliphatic carbocycles. The van der Waals surface area contributed by atoms with Crippen molar-refractivity contribution in [2.24, 2.45) is 0 Å². The maximum absolute atomic E-state index is 12.7. The van der Waals surface area contributed by atoms with Crippen LogP contribution in [0.4, 0.5) is 5.69 Å². The predicted octanol–water partition coefficient (Wildman–Crippen LogP) is 3.27. The largest absolute Gasteiger partial charge is 0.344 e. The molecular formula is C22H24N2O3. The standard InChI is InChI=1S/C22H24N2O3/c1-16-9-11-17(12-10-16)20(25)13-14-21(26)23-19-8-5-15-24(22(19)27)18-6-3-2-4-7-18/h2-4,6-7,9-12,19H,5,8,13-15H2,1H3,(H,23,26). The molecule has 1 aliphatic heterocycles. The molecule has 0 aromatic heterocycles. The number of nitrogens with one attached hydrogen (secondary N) is 1. The van der Waals surface area contributed by atoms with Crippen LogP contribution in [0, 0.1) is 6.92 Å². The molecule has 27 heavy (non-hydrogen) atoms. The number of benzene rings is 2. The molecule has 0 radical (unpaired) electrons. The molecular weight excluding hydrogens is 340 g/mol. The van der Waals surface area contributed by atoms with Gasteiger partial charge in [0.1, 0.15) is 6.04 Å². The third-order valence-corrected chi connectivity index (χ3v) is 4.79. The summed E-state index contributed by atoms with van der Waals surface area (Å²) < 4.78 is 0. The Labute approximate surface area is 159 Å². The van der Waals surface area contributed by atoms with Crippen molar-refractivity contribution in [2.45, 2.75) is 38.6 Å². The summed E-state index contributed by atoms with van der Waals surface area (Å²) in [6.07, 6.45) is 1.67. The number of ketones is 1. The minimum absolute atomic E-state index is 0.0639. The smallest absolute Gasteiger partial charge is 0.249 e. The first-order valence-electron chi connectivity index (χ1n) is 9.30. The third-order valence-electron chi connectivity index (χ3n) is 4.79. The lowest BCUT2D eigenvalue weighted by Gasteiger charge is -2.32. The normalized spacial score (nSPS) is 16.9. The van der Waals surface area contributed by atoms with Crippen LogP contribution in [0.25, 0.3) is 0 Å². The molecule has 1 aliphatic rings. The second-order valence-corrected chi connectivity index (χ2v) is 6.88. The highest BCUT2D eigenvalue weighted by Crippen LogP contribution is 2.20. The quantitative estimate of drug-likeness (QED) is 0.800. The number of anilines is 1. The van der Waals surface area contributed by atoms with Crippen LogP contribution in [0.2, 0.25) is 0 Å². The van der Waals surface area contributed by atoms with Gasteiger partial charge in [-0.3, -0.25) is 14.4 Å². The van der Waals surface area contributed by atoms with Crippen LogP contribution >= 0.6 is 0 Å². The fourth-order valence-corrected chi connectivity index (χ4v) is 3.25. The third kappa shape index (κ3) is 4.82. The van der Waals surface area contributed by atoms with E-state index >= 15 is 0 Å². The molecule has 5 heteroatoms. The Kier molecular flexibility index (Phi) is 6.01. The summed E-state index contributed by atoms with van der Waals surface area (Å²) >= 11 is 0. The summed E-state index contributed by atoms with van der Waals surface area (Å²) in [4.78, 5) is 38.9. The Morgan fingerprint density at radius 1 is 1.04 bits per heavy atom. The number of carbonyl (C=O) groups excluding carboxylic acids is 3. The summed E-state index contributed by atoms with van der Waals surface area (Å²) in [5.41, 5.74) is 2.54. The predicted molar refractivity (Wildman–Crippen MR) is 105 cm³/mol. The van der Waals surface area contributed by atoms with Crippen molar-refractivity contribution in [3.63, 3.8) is 0 Å². The molecule has 1 heterocycles. The summed E-state index contributed by atoms with van der Waals surface area (Å²) in [5.74, 6) is -0.416. The van der Waals surface area contributed by atoms with E-state index in [1.165, 1.54) is 0 Å². The van der Waals surface area contributed by atoms with Gasteiger partial charge in [-0.25, -0.2) is 0 Å². The Morgan fingerprint density at radius 3 is 2.44 bits per heavy atom. The van der Waals surface area contributed by atoms with Crippen LogP contribution in [-0.4, -0.2) is 30.2 Å². The van der Waals surface area contributed by atoms with E-state index in [2.05, 4.69) is 5.32 Å². The molecule has 1 fully saturated rings. The highest BCUT2D eigenvalue weighted by atomic mass is 16.2. The first kappa shape index (κ1) is 18.8. The van der Waals surface area contributed by atoms with Gasteiger partial charge in [-0.15, -0.1) is 0 Å². The molecule has 1 N–H and O–H groups in total. The van der Waals surface area contributed by atoms with Gasteiger partial charge < -0.3 is 10.2 Å². The molecule has 0 bridgehead atoms. The summed E-state index contributed by atoms with van der Waals surface area (Å²) in [6.45, 7) is 2.61. The average Bonchev–Trinajstić information content (AvgIpc) is 2.69. The van der Waals surface area contributed by atoms with E-state index in [1.807, 2.05) is 49.4 Å². The van der Waals surface area contributed by atoms with Crippen molar-refractivity contribution in [1.29, 1.82) is 0 Å². The highest BCUT2D eigenvalue weighted by molar-refractivity contribution is 6.01. The number of piperidine rings is 1. The number of hydrogen-bond donors (Lipinski definition) is 1. The average molecular weight is 364 g/mol. The minimum atomic E-state index is -0.527. The van der Waals surface area contributed by atoms with Crippen molar-refractivity contribution in [3.05, 3.63) is 65.7 Å². The monoisotopic (exact) mass is 364 g/mol. The van der Waals surface area contributed by atoms with Gasteiger partial charge >= 0.3 is 0 Å². The van der Waals surface area contributed by atoms with E-state index < -0.39 is 6.04 Å². The zero-order chi connectivity index (χ0) is 19.2. The topological polar surface area (TPSA) is 66.5 Å². The van der Waals surface area contributed by atoms with Gasteiger partial charge in [0.05, 0.1) is 0 Å². The van der Waals surface area contributed by atoms with Crippen LogP contribution in [0.5, 0.6) is 0 Å². The molecule has 2 aromatic carbocycles. The second kappa shape index (κ2) is 8.62. The molecule has 1 saturated heterocycles. The van der Waals surface area contributed by atoms with Crippen molar-refractivity contribution in [2.75, 3.05) is 11.4 Å². The van der Waals surface area contributed by atoms with Crippen molar-refractivity contribution in [3.8, 4) is 0 Å². The molecule has 2 amide bonds. The first-order valence-corrected chi connectivity index (χ1v) is 9.30. The van der Waals surface area contributed by atoms with E-state index in [0.29, 0.717) is 18.5 Å². The minimum Gasteiger partial charge on any atom is -0.344 e. The van der Waals surface area contributed by atoms with Crippen molar-refractivity contribution < 1.29 is 14.4 Å². The maximum atomic E-state index is 12.7. The van der Waals surface area contributed by atoms with Crippen molar-refractivity contribution in [1.82, 2.24) is 5.32 Å². The molecule has 0 saturated carbocycles. The number of rotatable bonds is 6. The van der Waals surface area contributed by atoms with E-state index in [-0.39, 0.29) is 30.4 Å². The van der Waals surface area contributed by atoms with Gasteiger partial charge in [0.15, 0.2) is 5.78 Å². The SMILES string of the molecule is Cc1ccc(C(=O)CCC(=O)NC2CCCN(c3ccccc3)C2=O)cc1. The van der Waals surface area contributed by atoms with E-state index in [9.17, 15) is 14.4 Å². The van der Waals surface area contributed by atoms with Crippen LogP contribution < -0.4 is 10.2 Å². The molecule has 0 spiro atoms. The summed E-state index contributed by atoms with van der Waals surface area (Å²) in [7, 11) is 0. The van der Waals surface area contributed by atoms with Gasteiger partial charge in [0.25, 0.3) is 0 Å². The van der Waals surface area contributed by atoms with Gasteiger partial charge in [0, 0.05) is 30.6 Å². The lowest BCUT2D eigenvalue weighted by molar-refractivity contribution is -0.128. The molecule has 5 nitrogen and oxygen atoms in total. The number of amides is 2. The number of hydrogen-bond acceptors (Lipinski definition) is 3. The molecule has 1 unspecified atom stereocenters. The van der Waals surface area contributed by atoms with Gasteiger partial charge in [0.2, 0.25) is 11.8 Å². The second-order valence-electron chi connectivity index (χ2n) is 6.88. The fraction of sp³-hybridized carbons (Fsp3) is 0.318. The number of nitrogens with zero attached hydrogens (tertiary/aromatic N) is 1. The van der Waals surface area contributed by atoms with Gasteiger partial charge in [-0.05, 0) is 31.9 Å². The number of Topliss-reactive ketones (excluding diaryl/α,β-unsaturated/α-hetero) is 1. The van der Waals surface area contributed by atoms with Crippen LogP contribution in [0.15, 0.2) is 54.6 Å². The number of carbonyl (C=O) groups is 3. The Hall–Kier alpha value is -2.95. The van der Waals surface area contributed by atoms with Crippen LogP contribution in [-0.2, 0) is 9.59 Å². The zero-order valence-electron chi connectivity index (χ0n) is 15.5. The fourth-order valence-electron chi connectivity index (χ4n) is 3.25. The number of aryl methyl sites for hydroxylation is 1. The zero-order valence-corrected chi connectivity index (χ0v) is 15.5. The van der Waals surface area contributed by atoms with Crippen LogP contribution in [0.1, 0.15) is 41.6 Å². The molecule has 1 atom stereocenters. The molecule has 3 rings (SSSR count). The molecule has 2 aromatic rings. The highest BCUT2D eigenvalue weighted by Gasteiger charge is 2.30. The van der Waals surface area contributed by atoms with E-state index in [4.69, 9.17) is 0 Å². The first-order chi connectivity index (χ1) is 13.0. The van der Waals surface area contributed by atoms with Gasteiger partial charge in [-0.1, -0.05) is 48.0 Å². The van der Waals surface area contributed by atoms with Crippen molar-refractivity contribution >= 4 is 23.3 Å². The van der Waals surface area contributed by atoms with E-state index in [1.54, 1.807) is 17.0 Å². The number of para-hydroxylation sites is 1. The Bertz CT molecular complexity index is 815. The summed E-state index contributed by atoms with van der Waals surface area (Å²) in [5, 5.41) is 2.80. The van der Waals surface area contributed by atoms with E-state index in [0.717, 1.165) is 17.7 Å². The van der Waals surface area contributed by atoms with Gasteiger partial charge in [-0.2, -0.15) is 0 Å². The summed E-state index contributed by atoms with van der Waals surface area (Å²) in [6, 6.07) is 16.3. The lowest BCUT2D eigenvalue weighted by atomic mass is 10.0. The maximum Gasteiger partial charge on any atom is 0.249 e. The Morgan fingerprint density at radius 2 is 1.74 bits per heavy atom. The van der Waals surface area contributed by atoms with Crippen LogP contribution in [0.3, 0.4) is 0 Å². The molecule has 140 valence electrons.